The number of anilines is 2. The van der Waals surface area contributed by atoms with E-state index in [1.807, 2.05) is 0 Å². The quantitative estimate of drug-likeness (QED) is 0.589. The van der Waals surface area contributed by atoms with Crippen molar-refractivity contribution in [3.05, 3.63) is 66.2 Å². The Bertz CT molecular complexity index is 888. The first kappa shape index (κ1) is 18.4. The van der Waals surface area contributed by atoms with Crippen LogP contribution in [0.5, 0.6) is 0 Å². The minimum absolute atomic E-state index is 0.145. The highest BCUT2D eigenvalue weighted by Crippen LogP contribution is 2.34. The average molecular weight is 385 g/mol. The van der Waals surface area contributed by atoms with Crippen molar-refractivity contribution >= 4 is 51.9 Å². The van der Waals surface area contributed by atoms with Crippen LogP contribution in [0.3, 0.4) is 0 Å². The van der Waals surface area contributed by atoms with Gasteiger partial charge in [0.25, 0.3) is 17.3 Å². The molecule has 9 nitrogen and oxygen atoms in total. The SMILES string of the molecule is CNc1c(C(=O)Nc2ccc(Cl)cc2Cl)cc([N+](=O)[O-])cc1[N+](=O)[O-]. The number of nitro benzene ring substituents is 2. The van der Waals surface area contributed by atoms with Gasteiger partial charge in [0, 0.05) is 18.1 Å². The summed E-state index contributed by atoms with van der Waals surface area (Å²) in [7, 11) is 1.36. The number of nitro groups is 2. The molecular weight excluding hydrogens is 375 g/mol. The summed E-state index contributed by atoms with van der Waals surface area (Å²) in [6.45, 7) is 0. The van der Waals surface area contributed by atoms with Gasteiger partial charge in [0.1, 0.15) is 5.69 Å². The zero-order chi connectivity index (χ0) is 18.7. The molecule has 25 heavy (non-hydrogen) atoms. The summed E-state index contributed by atoms with van der Waals surface area (Å²) >= 11 is 11.7. The maximum atomic E-state index is 12.5. The lowest BCUT2D eigenvalue weighted by Gasteiger charge is -2.11. The number of hydrogen-bond donors (Lipinski definition) is 2. The van der Waals surface area contributed by atoms with Gasteiger partial charge in [-0.05, 0) is 18.2 Å². The van der Waals surface area contributed by atoms with Gasteiger partial charge in [-0.15, -0.1) is 0 Å². The molecule has 1 amide bonds. The van der Waals surface area contributed by atoms with Crippen molar-refractivity contribution < 1.29 is 14.6 Å². The highest BCUT2D eigenvalue weighted by atomic mass is 35.5. The van der Waals surface area contributed by atoms with Crippen molar-refractivity contribution in [2.24, 2.45) is 0 Å². The van der Waals surface area contributed by atoms with Crippen LogP contribution in [0, 0.1) is 20.2 Å². The molecule has 0 atom stereocenters. The first-order valence-corrected chi connectivity index (χ1v) is 7.41. The Kier molecular flexibility index (Phi) is 5.40. The number of hydrogen-bond acceptors (Lipinski definition) is 6. The second-order valence-corrected chi connectivity index (χ2v) is 5.57. The van der Waals surface area contributed by atoms with E-state index in [0.717, 1.165) is 12.1 Å². The first-order chi connectivity index (χ1) is 11.7. The van der Waals surface area contributed by atoms with Gasteiger partial charge in [0.2, 0.25) is 0 Å². The Morgan fingerprint density at radius 2 is 1.76 bits per heavy atom. The van der Waals surface area contributed by atoms with Crippen molar-refractivity contribution in [3.63, 3.8) is 0 Å². The summed E-state index contributed by atoms with van der Waals surface area (Å²) < 4.78 is 0. The van der Waals surface area contributed by atoms with Gasteiger partial charge in [0.15, 0.2) is 0 Å². The van der Waals surface area contributed by atoms with Gasteiger partial charge in [0.05, 0.1) is 32.2 Å². The molecule has 0 radical (unpaired) electrons. The van der Waals surface area contributed by atoms with Crippen LogP contribution in [-0.4, -0.2) is 22.8 Å². The van der Waals surface area contributed by atoms with Crippen LogP contribution in [0.4, 0.5) is 22.7 Å². The van der Waals surface area contributed by atoms with E-state index in [4.69, 9.17) is 23.2 Å². The number of benzene rings is 2. The Labute approximate surface area is 150 Å². The number of amides is 1. The van der Waals surface area contributed by atoms with Crippen LogP contribution in [0.25, 0.3) is 0 Å². The number of rotatable bonds is 5. The molecule has 0 aliphatic carbocycles. The molecule has 0 aliphatic heterocycles. The Hall–Kier alpha value is -2.91. The normalized spacial score (nSPS) is 10.2. The maximum Gasteiger partial charge on any atom is 0.300 e. The van der Waals surface area contributed by atoms with Crippen molar-refractivity contribution in [1.82, 2.24) is 0 Å². The van der Waals surface area contributed by atoms with Crippen LogP contribution in [0.15, 0.2) is 30.3 Å². The van der Waals surface area contributed by atoms with E-state index >= 15 is 0 Å². The molecule has 0 aromatic heterocycles. The van der Waals surface area contributed by atoms with E-state index < -0.39 is 27.1 Å². The van der Waals surface area contributed by atoms with E-state index in [2.05, 4.69) is 10.6 Å². The van der Waals surface area contributed by atoms with Gasteiger partial charge in [-0.3, -0.25) is 25.0 Å². The molecular formula is C14H10Cl2N4O5. The summed E-state index contributed by atoms with van der Waals surface area (Å²) in [5.41, 5.74) is -1.40. The number of non-ortho nitro benzene ring substituents is 1. The van der Waals surface area contributed by atoms with E-state index in [0.29, 0.717) is 5.02 Å². The highest BCUT2D eigenvalue weighted by Gasteiger charge is 2.27. The van der Waals surface area contributed by atoms with Gasteiger partial charge in [-0.2, -0.15) is 0 Å². The minimum Gasteiger partial charge on any atom is -0.382 e. The van der Waals surface area contributed by atoms with E-state index in [1.54, 1.807) is 0 Å². The highest BCUT2D eigenvalue weighted by molar-refractivity contribution is 6.36. The first-order valence-electron chi connectivity index (χ1n) is 6.65. The number of carbonyl (C=O) groups is 1. The monoisotopic (exact) mass is 384 g/mol. The summed E-state index contributed by atoms with van der Waals surface area (Å²) in [4.78, 5) is 33.0. The largest absolute Gasteiger partial charge is 0.382 e. The van der Waals surface area contributed by atoms with Crippen molar-refractivity contribution in [1.29, 1.82) is 0 Å². The molecule has 11 heteroatoms. The van der Waals surface area contributed by atoms with Crippen LogP contribution >= 0.6 is 23.2 Å². The molecule has 0 saturated carbocycles. The standard InChI is InChI=1S/C14H10Cl2N4O5/c1-17-13-9(5-8(19(22)23)6-12(13)20(24)25)14(21)18-11-3-2-7(15)4-10(11)16/h2-6,17H,1H3,(H,18,21). The Morgan fingerprint density at radius 3 is 2.28 bits per heavy atom. The van der Waals surface area contributed by atoms with E-state index in [1.165, 1.54) is 25.2 Å². The summed E-state index contributed by atoms with van der Waals surface area (Å²) in [6.07, 6.45) is 0. The number of halogens is 2. The molecule has 0 spiro atoms. The van der Waals surface area contributed by atoms with Gasteiger partial charge < -0.3 is 10.6 Å². The fourth-order valence-corrected chi connectivity index (χ4v) is 2.54. The zero-order valence-corrected chi connectivity index (χ0v) is 14.1. The van der Waals surface area contributed by atoms with Crippen LogP contribution < -0.4 is 10.6 Å². The summed E-state index contributed by atoms with van der Waals surface area (Å²) in [5, 5.41) is 27.6. The molecule has 2 aromatic carbocycles. The van der Waals surface area contributed by atoms with Crippen LogP contribution in [0.2, 0.25) is 10.0 Å². The third-order valence-corrected chi connectivity index (χ3v) is 3.73. The zero-order valence-electron chi connectivity index (χ0n) is 12.6. The van der Waals surface area contributed by atoms with Crippen molar-refractivity contribution in [2.45, 2.75) is 0 Å². The molecule has 0 heterocycles. The average Bonchev–Trinajstić information content (AvgIpc) is 2.55. The fourth-order valence-electron chi connectivity index (χ4n) is 2.08. The van der Waals surface area contributed by atoms with Crippen molar-refractivity contribution in [3.8, 4) is 0 Å². The molecule has 2 N–H and O–H groups in total. The second kappa shape index (κ2) is 7.32. The van der Waals surface area contributed by atoms with Gasteiger partial charge in [-0.1, -0.05) is 23.2 Å². The fraction of sp³-hybridized carbons (Fsp3) is 0.0714. The molecule has 0 saturated heterocycles. The van der Waals surface area contributed by atoms with E-state index in [9.17, 15) is 25.0 Å². The molecule has 0 unspecified atom stereocenters. The molecule has 2 rings (SSSR count). The lowest BCUT2D eigenvalue weighted by Crippen LogP contribution is -2.15. The second-order valence-electron chi connectivity index (χ2n) is 4.73. The maximum absolute atomic E-state index is 12.5. The summed E-state index contributed by atoms with van der Waals surface area (Å²) in [5.74, 6) is -0.805. The molecule has 2 aromatic rings. The van der Waals surface area contributed by atoms with Crippen LogP contribution in [0.1, 0.15) is 10.4 Å². The summed E-state index contributed by atoms with van der Waals surface area (Å²) in [6, 6.07) is 6.04. The molecule has 0 fully saturated rings. The molecule has 0 bridgehead atoms. The molecule has 130 valence electrons. The topological polar surface area (TPSA) is 127 Å². The number of carbonyl (C=O) groups excluding carboxylic acids is 1. The van der Waals surface area contributed by atoms with Crippen molar-refractivity contribution in [2.75, 3.05) is 17.7 Å². The third-order valence-electron chi connectivity index (χ3n) is 3.18. The lowest BCUT2D eigenvalue weighted by molar-refractivity contribution is -0.393. The predicted molar refractivity (Wildman–Crippen MR) is 93.7 cm³/mol. The molecule has 0 aliphatic rings. The van der Waals surface area contributed by atoms with E-state index in [-0.39, 0.29) is 22.0 Å². The number of nitrogens with one attached hydrogen (secondary N) is 2. The predicted octanol–water partition coefficient (Wildman–Crippen LogP) is 4.10. The van der Waals surface area contributed by atoms with Gasteiger partial charge >= 0.3 is 0 Å². The Balaban J connectivity index is 2.53. The lowest BCUT2D eigenvalue weighted by atomic mass is 10.1. The third kappa shape index (κ3) is 3.95. The Morgan fingerprint density at radius 1 is 1.08 bits per heavy atom. The van der Waals surface area contributed by atoms with Gasteiger partial charge in [-0.25, -0.2) is 0 Å². The smallest absolute Gasteiger partial charge is 0.300 e. The van der Waals surface area contributed by atoms with Crippen LogP contribution in [-0.2, 0) is 0 Å². The minimum atomic E-state index is -0.821. The number of nitrogens with zero attached hydrogens (tertiary/aromatic N) is 2.